The lowest BCUT2D eigenvalue weighted by Gasteiger charge is -2.36. The molecule has 0 aromatic heterocycles. The van der Waals surface area contributed by atoms with Crippen LogP contribution in [0, 0.1) is 5.92 Å². The Morgan fingerprint density at radius 2 is 2.00 bits per heavy atom. The average molecular weight is 192 g/mol. The molecular formula is C13H20O. The zero-order valence-electron chi connectivity index (χ0n) is 9.00. The van der Waals surface area contributed by atoms with E-state index in [4.69, 9.17) is 0 Å². The Bertz CT molecular complexity index is 254. The Morgan fingerprint density at radius 1 is 1.29 bits per heavy atom. The summed E-state index contributed by atoms with van der Waals surface area (Å²) in [5.41, 5.74) is 0.680. The summed E-state index contributed by atoms with van der Waals surface area (Å²) >= 11 is 0. The second-order valence-corrected chi connectivity index (χ2v) is 4.85. The van der Waals surface area contributed by atoms with Crippen LogP contribution in [0.2, 0.25) is 0 Å². The van der Waals surface area contributed by atoms with Crippen LogP contribution in [0.1, 0.15) is 45.4 Å². The van der Waals surface area contributed by atoms with Gasteiger partial charge in [-0.25, -0.2) is 0 Å². The highest BCUT2D eigenvalue weighted by atomic mass is 16.3. The van der Waals surface area contributed by atoms with Crippen molar-refractivity contribution in [2.24, 2.45) is 5.92 Å². The van der Waals surface area contributed by atoms with Gasteiger partial charge in [-0.3, -0.25) is 0 Å². The lowest BCUT2D eigenvalue weighted by Crippen LogP contribution is -2.35. The molecule has 0 spiro atoms. The minimum absolute atomic E-state index is 0.497. The number of allylic oxidation sites excluding steroid dienone is 2. The molecule has 1 nitrogen and oxygen atoms in total. The third-order valence-corrected chi connectivity index (χ3v) is 3.63. The predicted octanol–water partition coefficient (Wildman–Crippen LogP) is 3.20. The van der Waals surface area contributed by atoms with E-state index in [0.717, 1.165) is 31.6 Å². The minimum atomic E-state index is -0.497. The van der Waals surface area contributed by atoms with Gasteiger partial charge in [-0.05, 0) is 50.0 Å². The van der Waals surface area contributed by atoms with E-state index in [1.165, 1.54) is 18.4 Å². The Morgan fingerprint density at radius 3 is 2.57 bits per heavy atom. The van der Waals surface area contributed by atoms with Crippen molar-refractivity contribution in [1.82, 2.24) is 0 Å². The standard InChI is InChI=1S/C13H20O/c1-11-7-9-13(14,10-8-11)12-5-3-2-4-6-12/h3,5-6,11,14H,2,4,7-10H2,1H3. The molecule has 1 saturated carbocycles. The van der Waals surface area contributed by atoms with Crippen molar-refractivity contribution in [3.63, 3.8) is 0 Å². The lowest BCUT2D eigenvalue weighted by molar-refractivity contribution is 0.0295. The monoisotopic (exact) mass is 192 g/mol. The first-order chi connectivity index (χ1) is 6.71. The molecule has 0 bridgehead atoms. The first-order valence-electron chi connectivity index (χ1n) is 5.80. The van der Waals surface area contributed by atoms with Gasteiger partial charge in [-0.1, -0.05) is 25.2 Å². The number of rotatable bonds is 1. The molecule has 2 aliphatic rings. The maximum Gasteiger partial charge on any atom is 0.0893 e. The summed E-state index contributed by atoms with van der Waals surface area (Å²) in [6.07, 6.45) is 13.0. The Labute approximate surface area is 86.5 Å². The molecular weight excluding hydrogens is 172 g/mol. The van der Waals surface area contributed by atoms with Crippen LogP contribution in [-0.2, 0) is 0 Å². The third-order valence-electron chi connectivity index (χ3n) is 3.63. The molecule has 0 aromatic rings. The van der Waals surface area contributed by atoms with E-state index < -0.39 is 5.60 Å². The van der Waals surface area contributed by atoms with Crippen LogP contribution < -0.4 is 0 Å². The molecule has 0 aromatic carbocycles. The van der Waals surface area contributed by atoms with Gasteiger partial charge in [0.15, 0.2) is 0 Å². The second-order valence-electron chi connectivity index (χ2n) is 4.85. The molecule has 1 N–H and O–H groups in total. The highest BCUT2D eigenvalue weighted by molar-refractivity contribution is 5.31. The van der Waals surface area contributed by atoms with Gasteiger partial charge in [-0.2, -0.15) is 0 Å². The Kier molecular flexibility index (Phi) is 2.78. The topological polar surface area (TPSA) is 20.2 Å². The van der Waals surface area contributed by atoms with E-state index in [1.807, 2.05) is 0 Å². The molecule has 0 aliphatic heterocycles. The first-order valence-corrected chi connectivity index (χ1v) is 5.80. The summed E-state index contributed by atoms with van der Waals surface area (Å²) in [5.74, 6) is 0.795. The summed E-state index contributed by atoms with van der Waals surface area (Å²) in [4.78, 5) is 0. The summed E-state index contributed by atoms with van der Waals surface area (Å²) in [5, 5.41) is 10.5. The SMILES string of the molecule is CC1CCC(O)(C2=CCCC=C2)CC1. The zero-order chi connectivity index (χ0) is 10.0. The molecule has 78 valence electrons. The van der Waals surface area contributed by atoms with Gasteiger partial charge in [0, 0.05) is 0 Å². The van der Waals surface area contributed by atoms with E-state index in [1.54, 1.807) is 0 Å². The highest BCUT2D eigenvalue weighted by Crippen LogP contribution is 2.38. The van der Waals surface area contributed by atoms with Crippen molar-refractivity contribution in [3.05, 3.63) is 23.8 Å². The van der Waals surface area contributed by atoms with Gasteiger partial charge in [0.25, 0.3) is 0 Å². The van der Waals surface area contributed by atoms with Gasteiger partial charge in [0.2, 0.25) is 0 Å². The molecule has 0 heterocycles. The van der Waals surface area contributed by atoms with Crippen LogP contribution in [0.5, 0.6) is 0 Å². The molecule has 0 saturated heterocycles. The summed E-state index contributed by atoms with van der Waals surface area (Å²) in [6, 6.07) is 0. The van der Waals surface area contributed by atoms with E-state index in [2.05, 4.69) is 25.2 Å². The van der Waals surface area contributed by atoms with E-state index >= 15 is 0 Å². The van der Waals surface area contributed by atoms with Crippen molar-refractivity contribution >= 4 is 0 Å². The fraction of sp³-hybridized carbons (Fsp3) is 0.692. The van der Waals surface area contributed by atoms with Crippen LogP contribution in [-0.4, -0.2) is 10.7 Å². The molecule has 0 atom stereocenters. The smallest absolute Gasteiger partial charge is 0.0893 e. The van der Waals surface area contributed by atoms with Crippen molar-refractivity contribution in [1.29, 1.82) is 0 Å². The van der Waals surface area contributed by atoms with Crippen LogP contribution in [0.4, 0.5) is 0 Å². The molecule has 0 amide bonds. The van der Waals surface area contributed by atoms with E-state index in [0.29, 0.717) is 0 Å². The molecule has 0 radical (unpaired) electrons. The lowest BCUT2D eigenvalue weighted by atomic mass is 9.74. The molecule has 14 heavy (non-hydrogen) atoms. The van der Waals surface area contributed by atoms with Gasteiger partial charge < -0.3 is 5.11 Å². The van der Waals surface area contributed by atoms with Gasteiger partial charge in [0.1, 0.15) is 0 Å². The van der Waals surface area contributed by atoms with Gasteiger partial charge in [0.05, 0.1) is 5.60 Å². The van der Waals surface area contributed by atoms with E-state index in [-0.39, 0.29) is 0 Å². The molecule has 2 aliphatic carbocycles. The van der Waals surface area contributed by atoms with Gasteiger partial charge >= 0.3 is 0 Å². The third kappa shape index (κ3) is 1.93. The highest BCUT2D eigenvalue weighted by Gasteiger charge is 2.34. The largest absolute Gasteiger partial charge is 0.385 e. The molecule has 2 rings (SSSR count). The minimum Gasteiger partial charge on any atom is -0.385 e. The second kappa shape index (κ2) is 3.90. The molecule has 1 fully saturated rings. The Balaban J connectivity index is 2.08. The Hall–Kier alpha value is -0.560. The fourth-order valence-corrected chi connectivity index (χ4v) is 2.49. The molecule has 0 unspecified atom stereocenters. The van der Waals surface area contributed by atoms with Gasteiger partial charge in [-0.15, -0.1) is 0 Å². The van der Waals surface area contributed by atoms with Crippen molar-refractivity contribution in [2.45, 2.75) is 51.0 Å². The van der Waals surface area contributed by atoms with Crippen LogP contribution in [0.15, 0.2) is 23.8 Å². The summed E-state index contributed by atoms with van der Waals surface area (Å²) < 4.78 is 0. The molecule has 1 heteroatoms. The quantitative estimate of drug-likeness (QED) is 0.676. The predicted molar refractivity (Wildman–Crippen MR) is 59.0 cm³/mol. The van der Waals surface area contributed by atoms with E-state index in [9.17, 15) is 5.11 Å². The van der Waals surface area contributed by atoms with Crippen molar-refractivity contribution in [2.75, 3.05) is 0 Å². The maximum absolute atomic E-state index is 10.5. The number of hydrogen-bond donors (Lipinski definition) is 1. The summed E-state index contributed by atoms with van der Waals surface area (Å²) in [7, 11) is 0. The van der Waals surface area contributed by atoms with Crippen molar-refractivity contribution < 1.29 is 5.11 Å². The normalized spacial score (nSPS) is 38.1. The first kappa shape index (κ1) is 9.97. The van der Waals surface area contributed by atoms with Crippen molar-refractivity contribution in [3.8, 4) is 0 Å². The summed E-state index contributed by atoms with van der Waals surface area (Å²) in [6.45, 7) is 2.28. The number of hydrogen-bond acceptors (Lipinski definition) is 1. The van der Waals surface area contributed by atoms with Crippen LogP contribution in [0.3, 0.4) is 0 Å². The average Bonchev–Trinajstić information content (AvgIpc) is 2.24. The number of aliphatic hydroxyl groups is 1. The van der Waals surface area contributed by atoms with Crippen LogP contribution in [0.25, 0.3) is 0 Å². The maximum atomic E-state index is 10.5. The fourth-order valence-electron chi connectivity index (χ4n) is 2.49. The van der Waals surface area contributed by atoms with Crippen LogP contribution >= 0.6 is 0 Å². The zero-order valence-corrected chi connectivity index (χ0v) is 9.00.